The van der Waals surface area contributed by atoms with Gasteiger partial charge in [-0.2, -0.15) is 0 Å². The van der Waals surface area contributed by atoms with Crippen LogP contribution in [0.3, 0.4) is 0 Å². The first-order valence-corrected chi connectivity index (χ1v) is 5.95. The van der Waals surface area contributed by atoms with Crippen LogP contribution in [-0.4, -0.2) is 25.0 Å². The number of carbonyl (C=O) groups is 2. The monoisotopic (exact) mass is 241 g/mol. The molecular formula is C13H23NO3. The molecule has 4 nitrogen and oxygen atoms in total. The van der Waals surface area contributed by atoms with Crippen molar-refractivity contribution in [3.8, 4) is 0 Å². The van der Waals surface area contributed by atoms with Crippen LogP contribution in [0.15, 0.2) is 11.6 Å². The molecule has 0 rings (SSSR count). The Kier molecular flexibility index (Phi) is 7.26. The first kappa shape index (κ1) is 15.7. The van der Waals surface area contributed by atoms with Gasteiger partial charge >= 0.3 is 5.97 Å². The zero-order chi connectivity index (χ0) is 13.4. The number of carbonyl (C=O) groups excluding carboxylic acids is 2. The molecule has 17 heavy (non-hydrogen) atoms. The second kappa shape index (κ2) is 7.87. The highest BCUT2D eigenvalue weighted by Gasteiger charge is 2.19. The molecule has 1 unspecified atom stereocenters. The second-order valence-corrected chi connectivity index (χ2v) is 4.48. The summed E-state index contributed by atoms with van der Waals surface area (Å²) in [6.07, 6.45) is 2.63. The Morgan fingerprint density at radius 2 is 1.94 bits per heavy atom. The first-order chi connectivity index (χ1) is 7.90. The van der Waals surface area contributed by atoms with Gasteiger partial charge in [-0.3, -0.25) is 9.59 Å². The van der Waals surface area contributed by atoms with E-state index in [1.54, 1.807) is 6.08 Å². The maximum atomic E-state index is 11.7. The molecule has 0 saturated carbocycles. The number of hydrogen-bond donors (Lipinski definition) is 1. The molecule has 0 heterocycles. The van der Waals surface area contributed by atoms with Crippen LogP contribution in [0, 0.1) is 5.92 Å². The number of rotatable bonds is 6. The van der Waals surface area contributed by atoms with Crippen LogP contribution in [-0.2, 0) is 14.3 Å². The molecule has 0 aromatic carbocycles. The van der Waals surface area contributed by atoms with Crippen molar-refractivity contribution in [2.24, 2.45) is 5.92 Å². The predicted molar refractivity (Wildman–Crippen MR) is 67.4 cm³/mol. The molecule has 0 spiro atoms. The van der Waals surface area contributed by atoms with E-state index in [2.05, 4.69) is 10.1 Å². The van der Waals surface area contributed by atoms with E-state index in [0.29, 0.717) is 0 Å². The lowest BCUT2D eigenvalue weighted by molar-refractivity contribution is -0.141. The number of allylic oxidation sites excluding steroid dienone is 1. The van der Waals surface area contributed by atoms with Gasteiger partial charge in [0.15, 0.2) is 0 Å². The highest BCUT2D eigenvalue weighted by atomic mass is 16.5. The number of methoxy groups -OCH3 is 1. The topological polar surface area (TPSA) is 55.4 Å². The average Bonchev–Trinajstić information content (AvgIpc) is 2.27. The molecule has 1 atom stereocenters. The molecule has 1 amide bonds. The number of amides is 1. The number of nitrogens with one attached hydrogen (secondary N) is 1. The third kappa shape index (κ3) is 6.76. The minimum absolute atomic E-state index is 0.146. The summed E-state index contributed by atoms with van der Waals surface area (Å²) in [4.78, 5) is 22.9. The summed E-state index contributed by atoms with van der Waals surface area (Å²) in [5.74, 6) is -0.263. The Morgan fingerprint density at radius 1 is 1.35 bits per heavy atom. The van der Waals surface area contributed by atoms with Gasteiger partial charge in [0, 0.05) is 12.1 Å². The van der Waals surface area contributed by atoms with Gasteiger partial charge in [-0.25, -0.2) is 0 Å². The summed E-state index contributed by atoms with van der Waals surface area (Å²) >= 11 is 0. The SMILES string of the molecule is CC/C(C)=C/C(=O)NC(CC(=O)OC)C(C)C. The second-order valence-electron chi connectivity index (χ2n) is 4.48. The number of hydrogen-bond acceptors (Lipinski definition) is 3. The van der Waals surface area contributed by atoms with E-state index < -0.39 is 0 Å². The number of ether oxygens (including phenoxy) is 1. The van der Waals surface area contributed by atoms with Crippen LogP contribution >= 0.6 is 0 Å². The zero-order valence-electron chi connectivity index (χ0n) is 11.4. The van der Waals surface area contributed by atoms with Crippen molar-refractivity contribution >= 4 is 11.9 Å². The van der Waals surface area contributed by atoms with Crippen molar-refractivity contribution in [3.05, 3.63) is 11.6 Å². The third-order valence-electron chi connectivity index (χ3n) is 2.68. The molecule has 4 heteroatoms. The van der Waals surface area contributed by atoms with E-state index in [9.17, 15) is 9.59 Å². The van der Waals surface area contributed by atoms with Gasteiger partial charge in [0.05, 0.1) is 13.5 Å². The van der Waals surface area contributed by atoms with Crippen LogP contribution < -0.4 is 5.32 Å². The Hall–Kier alpha value is -1.32. The van der Waals surface area contributed by atoms with Gasteiger partial charge in [-0.05, 0) is 19.3 Å². The summed E-state index contributed by atoms with van der Waals surface area (Å²) < 4.78 is 4.61. The molecule has 0 aromatic heterocycles. The fourth-order valence-corrected chi connectivity index (χ4v) is 1.27. The predicted octanol–water partition coefficient (Wildman–Crippen LogP) is 2.05. The lowest BCUT2D eigenvalue weighted by Crippen LogP contribution is -2.39. The fourth-order valence-electron chi connectivity index (χ4n) is 1.27. The zero-order valence-corrected chi connectivity index (χ0v) is 11.4. The van der Waals surface area contributed by atoms with Gasteiger partial charge in [-0.1, -0.05) is 26.3 Å². The standard InChI is InChI=1S/C13H23NO3/c1-6-10(4)7-12(15)14-11(9(2)3)8-13(16)17-5/h7,9,11H,6,8H2,1-5H3,(H,14,15)/b10-7+. The summed E-state index contributed by atoms with van der Waals surface area (Å²) in [6, 6.07) is -0.184. The minimum atomic E-state index is -0.305. The van der Waals surface area contributed by atoms with Gasteiger partial charge in [0.2, 0.25) is 5.91 Å². The van der Waals surface area contributed by atoms with Crippen molar-refractivity contribution in [2.75, 3.05) is 7.11 Å². The van der Waals surface area contributed by atoms with E-state index in [1.165, 1.54) is 7.11 Å². The summed E-state index contributed by atoms with van der Waals surface area (Å²) in [5, 5.41) is 2.83. The number of esters is 1. The molecule has 0 aliphatic heterocycles. The van der Waals surface area contributed by atoms with Crippen LogP contribution in [0.25, 0.3) is 0 Å². The van der Waals surface area contributed by atoms with E-state index in [1.807, 2.05) is 27.7 Å². The molecule has 1 N–H and O–H groups in total. The molecule has 0 bridgehead atoms. The Balaban J connectivity index is 4.45. The minimum Gasteiger partial charge on any atom is -0.469 e. The van der Waals surface area contributed by atoms with Gasteiger partial charge in [0.1, 0.15) is 0 Å². The smallest absolute Gasteiger partial charge is 0.307 e. The summed E-state index contributed by atoms with van der Waals surface area (Å²) in [5.41, 5.74) is 1.02. The van der Waals surface area contributed by atoms with Gasteiger partial charge in [0.25, 0.3) is 0 Å². The normalized spacial score (nSPS) is 13.4. The van der Waals surface area contributed by atoms with Crippen LogP contribution in [0.4, 0.5) is 0 Å². The highest BCUT2D eigenvalue weighted by molar-refractivity contribution is 5.88. The fraction of sp³-hybridized carbons (Fsp3) is 0.692. The third-order valence-corrected chi connectivity index (χ3v) is 2.68. The van der Waals surface area contributed by atoms with E-state index in [0.717, 1.165) is 12.0 Å². The molecular weight excluding hydrogens is 218 g/mol. The van der Waals surface area contributed by atoms with Crippen LogP contribution in [0.2, 0.25) is 0 Å². The van der Waals surface area contributed by atoms with Crippen molar-refractivity contribution in [1.82, 2.24) is 5.32 Å². The van der Waals surface area contributed by atoms with Gasteiger partial charge < -0.3 is 10.1 Å². The molecule has 98 valence electrons. The van der Waals surface area contributed by atoms with Crippen molar-refractivity contribution in [2.45, 2.75) is 46.6 Å². The molecule has 0 aliphatic rings. The van der Waals surface area contributed by atoms with E-state index >= 15 is 0 Å². The maximum absolute atomic E-state index is 11.7. The van der Waals surface area contributed by atoms with Crippen molar-refractivity contribution in [1.29, 1.82) is 0 Å². The average molecular weight is 241 g/mol. The molecule has 0 aliphatic carbocycles. The molecule has 0 aromatic rings. The Bertz CT molecular complexity index is 295. The maximum Gasteiger partial charge on any atom is 0.307 e. The lowest BCUT2D eigenvalue weighted by Gasteiger charge is -2.20. The molecule has 0 fully saturated rings. The summed E-state index contributed by atoms with van der Waals surface area (Å²) in [6.45, 7) is 7.83. The Labute approximate surface area is 103 Å². The van der Waals surface area contributed by atoms with E-state index in [4.69, 9.17) is 0 Å². The van der Waals surface area contributed by atoms with Crippen LogP contribution in [0.1, 0.15) is 40.5 Å². The van der Waals surface area contributed by atoms with Crippen LogP contribution in [0.5, 0.6) is 0 Å². The summed E-state index contributed by atoms with van der Waals surface area (Å²) in [7, 11) is 1.35. The van der Waals surface area contributed by atoms with Crippen molar-refractivity contribution in [3.63, 3.8) is 0 Å². The molecule has 0 radical (unpaired) electrons. The first-order valence-electron chi connectivity index (χ1n) is 5.95. The van der Waals surface area contributed by atoms with E-state index in [-0.39, 0.29) is 30.3 Å². The highest BCUT2D eigenvalue weighted by Crippen LogP contribution is 2.07. The quantitative estimate of drug-likeness (QED) is 0.572. The van der Waals surface area contributed by atoms with Crippen molar-refractivity contribution < 1.29 is 14.3 Å². The lowest BCUT2D eigenvalue weighted by atomic mass is 10.0. The molecule has 0 saturated heterocycles. The largest absolute Gasteiger partial charge is 0.469 e. The van der Waals surface area contributed by atoms with Gasteiger partial charge in [-0.15, -0.1) is 0 Å². The Morgan fingerprint density at radius 3 is 2.35 bits per heavy atom.